The van der Waals surface area contributed by atoms with E-state index < -0.39 is 0 Å². The van der Waals surface area contributed by atoms with Crippen molar-refractivity contribution in [1.29, 1.82) is 0 Å². The molecule has 0 fully saturated rings. The van der Waals surface area contributed by atoms with E-state index in [1.54, 1.807) is 13.3 Å². The zero-order chi connectivity index (χ0) is 20.8. The first-order valence-corrected chi connectivity index (χ1v) is 9.59. The Balaban J connectivity index is 1.70. The SMILES string of the molecule is COc1cccc(C(NC(=O)CCOc2cccc(C)c2C)c2nccn2C)c1. The summed E-state index contributed by atoms with van der Waals surface area (Å²) >= 11 is 0. The standard InChI is InChI=1S/C23H27N3O3/c1-16-7-5-10-20(17(16)2)29-14-11-21(27)25-22(23-24-12-13-26(23)3)18-8-6-9-19(15-18)28-4/h5-10,12-13,15,22H,11,14H2,1-4H3,(H,25,27). The first-order chi connectivity index (χ1) is 14.0. The Morgan fingerprint density at radius 1 is 1.21 bits per heavy atom. The highest BCUT2D eigenvalue weighted by molar-refractivity contribution is 5.77. The molecule has 0 bridgehead atoms. The van der Waals surface area contributed by atoms with E-state index >= 15 is 0 Å². The summed E-state index contributed by atoms with van der Waals surface area (Å²) in [5, 5.41) is 3.08. The van der Waals surface area contributed by atoms with Crippen molar-refractivity contribution in [3.63, 3.8) is 0 Å². The molecule has 29 heavy (non-hydrogen) atoms. The van der Waals surface area contributed by atoms with Gasteiger partial charge in [0.25, 0.3) is 0 Å². The molecule has 0 aliphatic heterocycles. The second-order valence-corrected chi connectivity index (χ2v) is 6.97. The molecule has 0 aliphatic carbocycles. The third-order valence-electron chi connectivity index (χ3n) is 4.99. The van der Waals surface area contributed by atoms with E-state index in [0.29, 0.717) is 6.61 Å². The summed E-state index contributed by atoms with van der Waals surface area (Å²) in [6, 6.07) is 13.2. The van der Waals surface area contributed by atoms with E-state index in [4.69, 9.17) is 9.47 Å². The molecule has 0 saturated carbocycles. The lowest BCUT2D eigenvalue weighted by Gasteiger charge is -2.20. The minimum atomic E-state index is -0.377. The highest BCUT2D eigenvalue weighted by atomic mass is 16.5. The largest absolute Gasteiger partial charge is 0.497 e. The van der Waals surface area contributed by atoms with Gasteiger partial charge in [-0.25, -0.2) is 4.98 Å². The van der Waals surface area contributed by atoms with Crippen LogP contribution >= 0.6 is 0 Å². The summed E-state index contributed by atoms with van der Waals surface area (Å²) in [4.78, 5) is 17.1. The Morgan fingerprint density at radius 3 is 2.72 bits per heavy atom. The third-order valence-corrected chi connectivity index (χ3v) is 4.99. The number of hydrogen-bond donors (Lipinski definition) is 1. The molecule has 152 valence electrons. The van der Waals surface area contributed by atoms with Gasteiger partial charge in [-0.1, -0.05) is 24.3 Å². The molecular formula is C23H27N3O3. The zero-order valence-corrected chi connectivity index (χ0v) is 17.3. The number of nitrogens with zero attached hydrogens (tertiary/aromatic N) is 2. The fourth-order valence-corrected chi connectivity index (χ4v) is 3.14. The highest BCUT2D eigenvalue weighted by Gasteiger charge is 2.21. The molecule has 1 heterocycles. The van der Waals surface area contributed by atoms with E-state index in [1.165, 1.54) is 5.56 Å². The van der Waals surface area contributed by atoms with Crippen molar-refractivity contribution in [2.45, 2.75) is 26.3 Å². The number of aromatic nitrogens is 2. The van der Waals surface area contributed by atoms with Gasteiger partial charge in [-0.2, -0.15) is 0 Å². The monoisotopic (exact) mass is 393 g/mol. The van der Waals surface area contributed by atoms with Gasteiger partial charge in [-0.15, -0.1) is 0 Å². The van der Waals surface area contributed by atoms with Crippen LogP contribution in [0.25, 0.3) is 0 Å². The van der Waals surface area contributed by atoms with Gasteiger partial charge in [0.2, 0.25) is 5.91 Å². The van der Waals surface area contributed by atoms with Gasteiger partial charge in [-0.05, 0) is 48.7 Å². The topological polar surface area (TPSA) is 65.4 Å². The number of aryl methyl sites for hydroxylation is 2. The second-order valence-electron chi connectivity index (χ2n) is 6.97. The summed E-state index contributed by atoms with van der Waals surface area (Å²) in [5.41, 5.74) is 3.16. The molecule has 1 unspecified atom stereocenters. The number of carbonyl (C=O) groups excluding carboxylic acids is 1. The van der Waals surface area contributed by atoms with Gasteiger partial charge in [-0.3, -0.25) is 4.79 Å². The number of carbonyl (C=O) groups is 1. The van der Waals surface area contributed by atoms with Crippen LogP contribution in [0.15, 0.2) is 54.9 Å². The van der Waals surface area contributed by atoms with Crippen LogP contribution in [-0.2, 0) is 11.8 Å². The Labute approximate surface area is 171 Å². The molecule has 0 spiro atoms. The average molecular weight is 393 g/mol. The van der Waals surface area contributed by atoms with E-state index in [2.05, 4.69) is 10.3 Å². The van der Waals surface area contributed by atoms with Gasteiger partial charge < -0.3 is 19.4 Å². The number of imidazole rings is 1. The summed E-state index contributed by atoms with van der Waals surface area (Å²) in [6.45, 7) is 4.37. The van der Waals surface area contributed by atoms with Crippen molar-refractivity contribution < 1.29 is 14.3 Å². The van der Waals surface area contributed by atoms with Crippen LogP contribution in [0, 0.1) is 13.8 Å². The summed E-state index contributed by atoms with van der Waals surface area (Å²) in [7, 11) is 3.53. The Kier molecular flexibility index (Phi) is 6.54. The quantitative estimate of drug-likeness (QED) is 0.633. The Hall–Kier alpha value is -3.28. The Morgan fingerprint density at radius 2 is 2.00 bits per heavy atom. The van der Waals surface area contributed by atoms with Crippen LogP contribution in [0.5, 0.6) is 11.5 Å². The zero-order valence-electron chi connectivity index (χ0n) is 17.3. The van der Waals surface area contributed by atoms with Crippen LogP contribution in [0.1, 0.15) is 35.0 Å². The highest BCUT2D eigenvalue weighted by Crippen LogP contribution is 2.24. The van der Waals surface area contributed by atoms with Gasteiger partial charge in [0.05, 0.1) is 20.1 Å². The van der Waals surface area contributed by atoms with Crippen molar-refractivity contribution in [3.8, 4) is 11.5 Å². The predicted molar refractivity (Wildman–Crippen MR) is 112 cm³/mol. The average Bonchev–Trinajstić information content (AvgIpc) is 3.15. The number of hydrogen-bond acceptors (Lipinski definition) is 4. The molecule has 1 aromatic heterocycles. The predicted octanol–water partition coefficient (Wildman–Crippen LogP) is 3.72. The van der Waals surface area contributed by atoms with Gasteiger partial charge in [0.15, 0.2) is 0 Å². The first kappa shape index (κ1) is 20.5. The lowest BCUT2D eigenvalue weighted by Crippen LogP contribution is -2.32. The first-order valence-electron chi connectivity index (χ1n) is 9.59. The number of methoxy groups -OCH3 is 1. The second kappa shape index (κ2) is 9.28. The van der Waals surface area contributed by atoms with Crippen LogP contribution in [0.3, 0.4) is 0 Å². The molecule has 0 radical (unpaired) electrons. The van der Waals surface area contributed by atoms with Crippen molar-refractivity contribution in [3.05, 3.63) is 77.4 Å². The van der Waals surface area contributed by atoms with Crippen LogP contribution in [-0.4, -0.2) is 29.2 Å². The normalized spacial score (nSPS) is 11.7. The smallest absolute Gasteiger partial charge is 0.224 e. The number of ether oxygens (including phenoxy) is 2. The lowest BCUT2D eigenvalue weighted by atomic mass is 10.1. The van der Waals surface area contributed by atoms with Gasteiger partial charge >= 0.3 is 0 Å². The molecule has 6 nitrogen and oxygen atoms in total. The molecule has 0 saturated heterocycles. The number of nitrogens with one attached hydrogen (secondary N) is 1. The molecule has 3 rings (SSSR count). The summed E-state index contributed by atoms with van der Waals surface area (Å²) in [5.74, 6) is 2.19. The van der Waals surface area contributed by atoms with Crippen molar-refractivity contribution >= 4 is 5.91 Å². The minimum absolute atomic E-state index is 0.105. The van der Waals surface area contributed by atoms with Gasteiger partial charge in [0, 0.05) is 19.4 Å². The number of benzene rings is 2. The van der Waals surface area contributed by atoms with E-state index in [1.807, 2.05) is 74.1 Å². The Bertz CT molecular complexity index is 981. The molecule has 1 N–H and O–H groups in total. The molecule has 1 atom stereocenters. The van der Waals surface area contributed by atoms with E-state index in [-0.39, 0.29) is 18.4 Å². The minimum Gasteiger partial charge on any atom is -0.497 e. The molecule has 1 amide bonds. The molecule has 3 aromatic rings. The molecule has 0 aliphatic rings. The molecule has 2 aromatic carbocycles. The fourth-order valence-electron chi connectivity index (χ4n) is 3.14. The van der Waals surface area contributed by atoms with Crippen LogP contribution < -0.4 is 14.8 Å². The maximum absolute atomic E-state index is 12.7. The third kappa shape index (κ3) is 4.96. The van der Waals surface area contributed by atoms with E-state index in [9.17, 15) is 4.79 Å². The van der Waals surface area contributed by atoms with Crippen LogP contribution in [0.4, 0.5) is 0 Å². The molecular weight excluding hydrogens is 366 g/mol. The van der Waals surface area contributed by atoms with Crippen molar-refractivity contribution in [2.75, 3.05) is 13.7 Å². The van der Waals surface area contributed by atoms with Crippen molar-refractivity contribution in [1.82, 2.24) is 14.9 Å². The number of amides is 1. The summed E-state index contributed by atoms with van der Waals surface area (Å²) < 4.78 is 13.1. The lowest BCUT2D eigenvalue weighted by molar-refractivity contribution is -0.122. The van der Waals surface area contributed by atoms with Crippen molar-refractivity contribution in [2.24, 2.45) is 7.05 Å². The fraction of sp³-hybridized carbons (Fsp3) is 0.304. The summed E-state index contributed by atoms with van der Waals surface area (Å²) in [6.07, 6.45) is 3.83. The molecule has 6 heteroatoms. The van der Waals surface area contributed by atoms with E-state index in [0.717, 1.165) is 28.5 Å². The maximum Gasteiger partial charge on any atom is 0.224 e. The maximum atomic E-state index is 12.7. The van der Waals surface area contributed by atoms with Gasteiger partial charge in [0.1, 0.15) is 23.4 Å². The van der Waals surface area contributed by atoms with Crippen LogP contribution in [0.2, 0.25) is 0 Å². The number of rotatable bonds is 8.